The first-order chi connectivity index (χ1) is 8.99. The number of carboxylic acids is 1. The largest absolute Gasteiger partial charge is 0.484 e. The van der Waals surface area contributed by atoms with Gasteiger partial charge in [0.25, 0.3) is 5.91 Å². The molecule has 0 saturated heterocycles. The van der Waals surface area contributed by atoms with Crippen molar-refractivity contribution in [3.8, 4) is 5.75 Å². The summed E-state index contributed by atoms with van der Waals surface area (Å²) < 4.78 is 5.40. The van der Waals surface area contributed by atoms with Crippen LogP contribution in [0.4, 0.5) is 0 Å². The predicted octanol–water partition coefficient (Wildman–Crippen LogP) is 1.69. The first-order valence-electron chi connectivity index (χ1n) is 6.21. The number of carbonyl (C=O) groups is 2. The van der Waals surface area contributed by atoms with Crippen LogP contribution in [0.15, 0.2) is 18.2 Å². The topological polar surface area (TPSA) is 66.8 Å². The average Bonchev–Trinajstić information content (AvgIpc) is 3.18. The number of likely N-dealkylation sites (N-methyl/N-ethyl adjacent to an activating group) is 1. The van der Waals surface area contributed by atoms with Crippen LogP contribution >= 0.6 is 0 Å². The van der Waals surface area contributed by atoms with E-state index in [4.69, 9.17) is 9.84 Å². The molecule has 5 nitrogen and oxygen atoms in total. The van der Waals surface area contributed by atoms with E-state index in [1.165, 1.54) is 6.07 Å². The number of hydrogen-bond acceptors (Lipinski definition) is 3. The molecular weight excluding hydrogens is 246 g/mol. The number of carboxylic acid groups (broad SMARTS) is 1. The first kappa shape index (κ1) is 13.4. The quantitative estimate of drug-likeness (QED) is 0.878. The van der Waals surface area contributed by atoms with Crippen LogP contribution in [0.5, 0.6) is 5.75 Å². The monoisotopic (exact) mass is 263 g/mol. The highest BCUT2D eigenvalue weighted by molar-refractivity contribution is 5.89. The van der Waals surface area contributed by atoms with Gasteiger partial charge in [0.1, 0.15) is 5.75 Å². The molecule has 1 saturated carbocycles. The molecule has 0 atom stereocenters. The Balaban J connectivity index is 1.94. The lowest BCUT2D eigenvalue weighted by molar-refractivity contribution is -0.132. The van der Waals surface area contributed by atoms with E-state index < -0.39 is 5.97 Å². The van der Waals surface area contributed by atoms with Crippen molar-refractivity contribution in [2.75, 3.05) is 13.7 Å². The molecule has 0 heterocycles. The molecule has 1 amide bonds. The zero-order valence-corrected chi connectivity index (χ0v) is 11.0. The lowest BCUT2D eigenvalue weighted by atomic mass is 10.1. The molecule has 1 aliphatic carbocycles. The lowest BCUT2D eigenvalue weighted by Crippen LogP contribution is -2.33. The minimum Gasteiger partial charge on any atom is -0.484 e. The van der Waals surface area contributed by atoms with Crippen molar-refractivity contribution in [1.82, 2.24) is 4.90 Å². The summed E-state index contributed by atoms with van der Waals surface area (Å²) in [4.78, 5) is 24.3. The Morgan fingerprint density at radius 1 is 1.42 bits per heavy atom. The van der Waals surface area contributed by atoms with E-state index in [1.54, 1.807) is 31.0 Å². The van der Waals surface area contributed by atoms with Crippen LogP contribution in [0.2, 0.25) is 0 Å². The molecule has 1 aliphatic rings. The molecular formula is C14H17NO4. The molecule has 2 rings (SSSR count). The van der Waals surface area contributed by atoms with Crippen LogP contribution in [0.1, 0.15) is 28.8 Å². The normalized spacial score (nSPS) is 14.0. The summed E-state index contributed by atoms with van der Waals surface area (Å²) in [5.41, 5.74) is 0.863. The van der Waals surface area contributed by atoms with Crippen LogP contribution in [0.25, 0.3) is 0 Å². The molecule has 0 aromatic heterocycles. The second-order valence-corrected chi connectivity index (χ2v) is 4.81. The van der Waals surface area contributed by atoms with Gasteiger partial charge in [-0.15, -0.1) is 0 Å². The van der Waals surface area contributed by atoms with Crippen LogP contribution in [-0.2, 0) is 4.79 Å². The maximum Gasteiger partial charge on any atom is 0.335 e. The van der Waals surface area contributed by atoms with Gasteiger partial charge < -0.3 is 14.7 Å². The molecule has 0 radical (unpaired) electrons. The predicted molar refractivity (Wildman–Crippen MR) is 69.4 cm³/mol. The number of amides is 1. The number of nitrogens with zero attached hydrogens (tertiary/aromatic N) is 1. The van der Waals surface area contributed by atoms with Crippen LogP contribution in [0, 0.1) is 6.92 Å². The van der Waals surface area contributed by atoms with Crippen molar-refractivity contribution in [3.63, 3.8) is 0 Å². The highest BCUT2D eigenvalue weighted by Gasteiger charge is 2.29. The van der Waals surface area contributed by atoms with Crippen molar-refractivity contribution < 1.29 is 19.4 Å². The minimum absolute atomic E-state index is 0.0150. The second-order valence-electron chi connectivity index (χ2n) is 4.81. The van der Waals surface area contributed by atoms with Gasteiger partial charge in [0, 0.05) is 13.1 Å². The van der Waals surface area contributed by atoms with Gasteiger partial charge >= 0.3 is 5.97 Å². The molecule has 1 fully saturated rings. The second kappa shape index (κ2) is 5.30. The molecule has 19 heavy (non-hydrogen) atoms. The van der Waals surface area contributed by atoms with Gasteiger partial charge in [-0.3, -0.25) is 4.79 Å². The highest BCUT2D eigenvalue weighted by Crippen LogP contribution is 2.25. The molecule has 0 aliphatic heterocycles. The van der Waals surface area contributed by atoms with E-state index in [0.717, 1.165) is 12.8 Å². The van der Waals surface area contributed by atoms with Gasteiger partial charge in [-0.25, -0.2) is 4.79 Å². The SMILES string of the molecule is Cc1cc(OCC(=O)N(C)C2CC2)ccc1C(=O)O. The molecule has 0 bridgehead atoms. The lowest BCUT2D eigenvalue weighted by Gasteiger charge is -2.16. The van der Waals surface area contributed by atoms with E-state index >= 15 is 0 Å². The summed E-state index contributed by atoms with van der Waals surface area (Å²) in [6, 6.07) is 5.06. The van der Waals surface area contributed by atoms with Crippen LogP contribution in [-0.4, -0.2) is 41.6 Å². The smallest absolute Gasteiger partial charge is 0.335 e. The zero-order chi connectivity index (χ0) is 14.0. The molecule has 1 aromatic rings. The van der Waals surface area contributed by atoms with Gasteiger partial charge in [0.15, 0.2) is 6.61 Å². The Hall–Kier alpha value is -2.04. The number of benzene rings is 1. The van der Waals surface area contributed by atoms with E-state index in [0.29, 0.717) is 17.4 Å². The first-order valence-corrected chi connectivity index (χ1v) is 6.21. The average molecular weight is 263 g/mol. The van der Waals surface area contributed by atoms with Gasteiger partial charge in [-0.05, 0) is 43.5 Å². The van der Waals surface area contributed by atoms with Crippen molar-refractivity contribution in [2.24, 2.45) is 0 Å². The number of carbonyl (C=O) groups excluding carboxylic acids is 1. The molecule has 0 spiro atoms. The van der Waals surface area contributed by atoms with Gasteiger partial charge in [0.2, 0.25) is 0 Å². The van der Waals surface area contributed by atoms with Crippen molar-refractivity contribution >= 4 is 11.9 Å². The fraction of sp³-hybridized carbons (Fsp3) is 0.429. The van der Waals surface area contributed by atoms with E-state index in [1.807, 2.05) is 0 Å². The van der Waals surface area contributed by atoms with E-state index in [-0.39, 0.29) is 18.1 Å². The maximum atomic E-state index is 11.8. The number of aryl methyl sites for hydroxylation is 1. The van der Waals surface area contributed by atoms with Crippen LogP contribution < -0.4 is 4.74 Å². The summed E-state index contributed by atoms with van der Waals surface area (Å²) in [5, 5.41) is 8.91. The third kappa shape index (κ3) is 3.24. The van der Waals surface area contributed by atoms with Crippen molar-refractivity contribution in [2.45, 2.75) is 25.8 Å². The Kier molecular flexibility index (Phi) is 3.74. The number of aromatic carboxylic acids is 1. The molecule has 102 valence electrons. The Labute approximate surface area is 111 Å². The van der Waals surface area contributed by atoms with E-state index in [2.05, 4.69) is 0 Å². The van der Waals surface area contributed by atoms with E-state index in [9.17, 15) is 9.59 Å². The Morgan fingerprint density at radius 2 is 2.11 bits per heavy atom. The van der Waals surface area contributed by atoms with Crippen molar-refractivity contribution in [3.05, 3.63) is 29.3 Å². The fourth-order valence-electron chi connectivity index (χ4n) is 1.88. The molecule has 0 unspecified atom stereocenters. The number of ether oxygens (including phenoxy) is 1. The molecule has 5 heteroatoms. The standard InChI is InChI=1S/C14H17NO4/c1-9-7-11(5-6-12(9)14(17)18)19-8-13(16)15(2)10-3-4-10/h5-7,10H,3-4,8H2,1-2H3,(H,17,18). The minimum atomic E-state index is -0.964. The number of hydrogen-bond donors (Lipinski definition) is 1. The van der Waals surface area contributed by atoms with Gasteiger partial charge in [0.05, 0.1) is 5.56 Å². The Bertz CT molecular complexity index is 508. The van der Waals surface area contributed by atoms with Crippen molar-refractivity contribution in [1.29, 1.82) is 0 Å². The third-order valence-corrected chi connectivity index (χ3v) is 3.28. The summed E-state index contributed by atoms with van der Waals surface area (Å²) in [5.74, 6) is -0.504. The summed E-state index contributed by atoms with van der Waals surface area (Å²) in [7, 11) is 1.78. The summed E-state index contributed by atoms with van der Waals surface area (Å²) >= 11 is 0. The number of rotatable bonds is 5. The fourth-order valence-corrected chi connectivity index (χ4v) is 1.88. The summed E-state index contributed by atoms with van der Waals surface area (Å²) in [6.45, 7) is 1.69. The molecule has 1 aromatic carbocycles. The van der Waals surface area contributed by atoms with Gasteiger partial charge in [-0.2, -0.15) is 0 Å². The molecule has 1 N–H and O–H groups in total. The zero-order valence-electron chi connectivity index (χ0n) is 11.0. The van der Waals surface area contributed by atoms with Crippen LogP contribution in [0.3, 0.4) is 0 Å². The van der Waals surface area contributed by atoms with Gasteiger partial charge in [-0.1, -0.05) is 0 Å². The third-order valence-electron chi connectivity index (χ3n) is 3.28. The Morgan fingerprint density at radius 3 is 2.63 bits per heavy atom. The maximum absolute atomic E-state index is 11.8. The summed E-state index contributed by atoms with van der Waals surface area (Å²) in [6.07, 6.45) is 2.13. The highest BCUT2D eigenvalue weighted by atomic mass is 16.5.